The van der Waals surface area contributed by atoms with Crippen LogP contribution in [0.1, 0.15) is 23.7 Å². The Hall–Kier alpha value is -4.05. The first-order valence-electron chi connectivity index (χ1n) is 11.4. The van der Waals surface area contributed by atoms with Gasteiger partial charge >= 0.3 is 0 Å². The molecule has 2 N–H and O–H groups in total. The van der Waals surface area contributed by atoms with E-state index >= 15 is 0 Å². The summed E-state index contributed by atoms with van der Waals surface area (Å²) in [5.74, 6) is 0.671. The summed E-state index contributed by atoms with van der Waals surface area (Å²) >= 11 is 0. The zero-order valence-electron chi connectivity index (χ0n) is 19.2. The third-order valence-corrected chi connectivity index (χ3v) is 5.80. The summed E-state index contributed by atoms with van der Waals surface area (Å²) in [6, 6.07) is 11.4. The Morgan fingerprint density at radius 2 is 1.77 bits per heavy atom. The molecule has 0 bridgehead atoms. The largest absolute Gasteiger partial charge is 0.456 e. The van der Waals surface area contributed by atoms with Gasteiger partial charge in [0.15, 0.2) is 0 Å². The van der Waals surface area contributed by atoms with Crippen LogP contribution in [0, 0.1) is 5.82 Å². The lowest BCUT2D eigenvalue weighted by molar-refractivity contribution is -0.122. The molecule has 1 fully saturated rings. The summed E-state index contributed by atoms with van der Waals surface area (Å²) < 4.78 is 18.7. The van der Waals surface area contributed by atoms with Gasteiger partial charge in [0.05, 0.1) is 17.8 Å². The first-order valence-corrected chi connectivity index (χ1v) is 11.4. The molecule has 0 spiro atoms. The van der Waals surface area contributed by atoms with E-state index in [4.69, 9.17) is 4.74 Å². The van der Waals surface area contributed by atoms with Crippen molar-refractivity contribution in [3.05, 3.63) is 82.7 Å². The van der Waals surface area contributed by atoms with Crippen LogP contribution in [0.5, 0.6) is 11.5 Å². The van der Waals surface area contributed by atoms with Gasteiger partial charge < -0.3 is 19.9 Å². The number of H-pyrrole nitrogens is 1. The highest BCUT2D eigenvalue weighted by Gasteiger charge is 2.30. The van der Waals surface area contributed by atoms with Crippen molar-refractivity contribution in [2.24, 2.45) is 0 Å². The third kappa shape index (κ3) is 6.10. The molecule has 0 saturated carbocycles. The van der Waals surface area contributed by atoms with Crippen LogP contribution in [0.15, 0.2) is 65.7 Å². The van der Waals surface area contributed by atoms with E-state index in [9.17, 15) is 18.8 Å². The zero-order valence-corrected chi connectivity index (χ0v) is 19.2. The van der Waals surface area contributed by atoms with Crippen LogP contribution in [0.25, 0.3) is 0 Å². The normalized spacial score (nSPS) is 14.9. The zero-order chi connectivity index (χ0) is 24.8. The van der Waals surface area contributed by atoms with E-state index in [1.54, 1.807) is 17.0 Å². The van der Waals surface area contributed by atoms with E-state index in [0.29, 0.717) is 55.5 Å². The number of pyridine rings is 2. The molecule has 2 amide bonds. The van der Waals surface area contributed by atoms with Crippen molar-refractivity contribution in [3.63, 3.8) is 0 Å². The highest BCUT2D eigenvalue weighted by atomic mass is 19.1. The molecule has 1 atom stereocenters. The molecule has 4 rings (SSSR count). The van der Waals surface area contributed by atoms with Crippen molar-refractivity contribution in [2.75, 3.05) is 31.5 Å². The highest BCUT2D eigenvalue weighted by Crippen LogP contribution is 2.22. The average Bonchev–Trinajstić information content (AvgIpc) is 2.87. The average molecular weight is 480 g/mol. The van der Waals surface area contributed by atoms with E-state index in [0.717, 1.165) is 0 Å². The van der Waals surface area contributed by atoms with Gasteiger partial charge in [0.25, 0.3) is 5.91 Å². The number of nitrogens with one attached hydrogen (secondary N) is 2. The second kappa shape index (κ2) is 10.9. The van der Waals surface area contributed by atoms with Gasteiger partial charge in [-0.2, -0.15) is 0 Å². The number of nitrogens with zero attached hydrogens (tertiary/aromatic N) is 3. The van der Waals surface area contributed by atoms with E-state index in [-0.39, 0.29) is 29.2 Å². The first-order chi connectivity index (χ1) is 16.9. The molecule has 1 aromatic carbocycles. The SMILES string of the molecule is CCC(C(=O)Nc1ccc(Oc2ccc(F)cc2)cn1)N1CCN(C(=O)c2ccc(=O)[nH]c2)CC1. The number of halogens is 1. The summed E-state index contributed by atoms with van der Waals surface area (Å²) in [7, 11) is 0. The monoisotopic (exact) mass is 479 g/mol. The number of benzene rings is 1. The number of amides is 2. The molecule has 3 aromatic rings. The minimum atomic E-state index is -0.364. The van der Waals surface area contributed by atoms with Crippen molar-refractivity contribution >= 4 is 17.6 Å². The fourth-order valence-electron chi connectivity index (χ4n) is 3.94. The number of rotatable bonds is 7. The fourth-order valence-corrected chi connectivity index (χ4v) is 3.94. The minimum Gasteiger partial charge on any atom is -0.456 e. The molecular weight excluding hydrogens is 453 g/mol. The summed E-state index contributed by atoms with van der Waals surface area (Å²) in [5.41, 5.74) is 0.175. The number of aromatic nitrogens is 2. The number of carbonyl (C=O) groups is 2. The molecule has 1 aliphatic heterocycles. The number of anilines is 1. The Labute approximate surface area is 201 Å². The number of ether oxygens (including phenoxy) is 1. The third-order valence-electron chi connectivity index (χ3n) is 5.80. The quantitative estimate of drug-likeness (QED) is 0.540. The van der Waals surface area contributed by atoms with Crippen LogP contribution in [-0.2, 0) is 4.79 Å². The van der Waals surface area contributed by atoms with Crippen molar-refractivity contribution in [2.45, 2.75) is 19.4 Å². The van der Waals surface area contributed by atoms with E-state index < -0.39 is 0 Å². The van der Waals surface area contributed by atoms with Gasteiger partial charge in [-0.05, 0) is 48.9 Å². The number of carbonyl (C=O) groups excluding carboxylic acids is 2. The van der Waals surface area contributed by atoms with Crippen LogP contribution < -0.4 is 15.6 Å². The molecule has 1 unspecified atom stereocenters. The highest BCUT2D eigenvalue weighted by molar-refractivity contribution is 5.95. The number of piperazine rings is 1. The van der Waals surface area contributed by atoms with Gasteiger partial charge in [-0.1, -0.05) is 6.92 Å². The van der Waals surface area contributed by atoms with Crippen molar-refractivity contribution in [1.82, 2.24) is 19.8 Å². The van der Waals surface area contributed by atoms with Gasteiger partial charge in [-0.15, -0.1) is 0 Å². The molecule has 0 aliphatic carbocycles. The van der Waals surface area contributed by atoms with Crippen molar-refractivity contribution in [3.8, 4) is 11.5 Å². The van der Waals surface area contributed by atoms with E-state index in [1.807, 2.05) is 6.92 Å². The Bertz CT molecular complexity index is 1200. The van der Waals surface area contributed by atoms with Gasteiger partial charge in [-0.3, -0.25) is 19.3 Å². The van der Waals surface area contributed by atoms with Gasteiger partial charge in [0.2, 0.25) is 11.5 Å². The topological polar surface area (TPSA) is 108 Å². The maximum absolute atomic E-state index is 13.0. The maximum Gasteiger partial charge on any atom is 0.255 e. The van der Waals surface area contributed by atoms with Crippen LogP contribution in [0.2, 0.25) is 0 Å². The Morgan fingerprint density at radius 1 is 1.06 bits per heavy atom. The molecule has 1 aliphatic rings. The molecule has 1 saturated heterocycles. The summed E-state index contributed by atoms with van der Waals surface area (Å²) in [6.07, 6.45) is 3.51. The van der Waals surface area contributed by atoms with Crippen LogP contribution >= 0.6 is 0 Å². The Balaban J connectivity index is 1.30. The Morgan fingerprint density at radius 3 is 2.37 bits per heavy atom. The Kier molecular flexibility index (Phi) is 7.51. The molecule has 35 heavy (non-hydrogen) atoms. The lowest BCUT2D eigenvalue weighted by Gasteiger charge is -2.38. The van der Waals surface area contributed by atoms with Crippen molar-refractivity contribution in [1.29, 1.82) is 0 Å². The summed E-state index contributed by atoms with van der Waals surface area (Å²) in [6.45, 7) is 4.01. The number of aromatic amines is 1. The predicted octanol–water partition coefficient (Wildman–Crippen LogP) is 2.88. The van der Waals surface area contributed by atoms with Gasteiger partial charge in [-0.25, -0.2) is 9.37 Å². The second-order valence-electron chi connectivity index (χ2n) is 8.12. The lowest BCUT2D eigenvalue weighted by Crippen LogP contribution is -2.54. The fraction of sp³-hybridized carbons (Fsp3) is 0.280. The molecule has 0 radical (unpaired) electrons. The predicted molar refractivity (Wildman–Crippen MR) is 128 cm³/mol. The number of hydrogen-bond acceptors (Lipinski definition) is 6. The van der Waals surface area contributed by atoms with E-state index in [1.165, 1.54) is 48.8 Å². The summed E-state index contributed by atoms with van der Waals surface area (Å²) in [5, 5.41) is 2.84. The molecular formula is C25H26FN5O4. The van der Waals surface area contributed by atoms with Crippen LogP contribution in [0.3, 0.4) is 0 Å². The second-order valence-corrected chi connectivity index (χ2v) is 8.12. The molecule has 9 nitrogen and oxygen atoms in total. The maximum atomic E-state index is 13.0. The first kappa shape index (κ1) is 24.1. The van der Waals surface area contributed by atoms with Crippen LogP contribution in [-0.4, -0.2) is 63.8 Å². The summed E-state index contributed by atoms with van der Waals surface area (Å²) in [4.78, 5) is 47.4. The number of hydrogen-bond donors (Lipinski definition) is 2. The van der Waals surface area contributed by atoms with Gasteiger partial charge in [0, 0.05) is 38.4 Å². The van der Waals surface area contributed by atoms with Crippen molar-refractivity contribution < 1.29 is 18.7 Å². The van der Waals surface area contributed by atoms with E-state index in [2.05, 4.69) is 20.2 Å². The molecule has 10 heteroatoms. The smallest absolute Gasteiger partial charge is 0.255 e. The molecule has 2 aromatic heterocycles. The molecule has 182 valence electrons. The minimum absolute atomic E-state index is 0.148. The standard InChI is InChI=1S/C25H26FN5O4/c1-2-21(30-11-13-31(14-12-30)25(34)17-3-10-23(32)28-15-17)24(33)29-22-9-8-20(16-27-22)35-19-6-4-18(26)5-7-19/h3-10,15-16,21H,2,11-14H2,1H3,(H,28,32)(H,27,29,33). The van der Waals surface area contributed by atoms with Crippen LogP contribution in [0.4, 0.5) is 10.2 Å². The lowest BCUT2D eigenvalue weighted by atomic mass is 10.1. The van der Waals surface area contributed by atoms with Gasteiger partial charge in [0.1, 0.15) is 23.1 Å². The molecule has 3 heterocycles.